The van der Waals surface area contributed by atoms with Gasteiger partial charge in [-0.05, 0) is 36.6 Å². The van der Waals surface area contributed by atoms with Crippen molar-refractivity contribution in [2.24, 2.45) is 0 Å². The Bertz CT molecular complexity index is 1340. The van der Waals surface area contributed by atoms with Gasteiger partial charge in [0.1, 0.15) is 18.1 Å². The lowest BCUT2D eigenvalue weighted by Crippen LogP contribution is -2.68. The van der Waals surface area contributed by atoms with E-state index in [1.807, 2.05) is 36.4 Å². The van der Waals surface area contributed by atoms with Gasteiger partial charge >= 0.3 is 5.97 Å². The number of amides is 4. The van der Waals surface area contributed by atoms with Crippen LogP contribution in [0.3, 0.4) is 0 Å². The van der Waals surface area contributed by atoms with E-state index in [0.29, 0.717) is 31.4 Å². The summed E-state index contributed by atoms with van der Waals surface area (Å²) in [7, 11) is 0. The number of carbonyl (C=O) groups is 5. The Morgan fingerprint density at radius 3 is 2.54 bits per heavy atom. The molecule has 2 unspecified atom stereocenters. The van der Waals surface area contributed by atoms with Crippen LogP contribution in [0.2, 0.25) is 0 Å². The monoisotopic (exact) mass is 564 g/mol. The van der Waals surface area contributed by atoms with E-state index in [2.05, 4.69) is 10.6 Å². The summed E-state index contributed by atoms with van der Waals surface area (Å²) in [4.78, 5) is 68.8. The van der Waals surface area contributed by atoms with Crippen LogP contribution >= 0.6 is 0 Å². The van der Waals surface area contributed by atoms with E-state index in [1.165, 1.54) is 6.92 Å². The number of piperazine rings is 1. The quantitative estimate of drug-likeness (QED) is 0.511. The van der Waals surface area contributed by atoms with Crippen molar-refractivity contribution >= 4 is 40.4 Å². The van der Waals surface area contributed by atoms with E-state index >= 15 is 0 Å². The number of hydrogen-bond acceptors (Lipinski definition) is 7. The van der Waals surface area contributed by atoms with E-state index in [0.717, 1.165) is 17.2 Å². The zero-order valence-corrected chi connectivity index (χ0v) is 23.3. The van der Waals surface area contributed by atoms with Crippen molar-refractivity contribution in [1.29, 1.82) is 0 Å². The van der Waals surface area contributed by atoms with Crippen molar-refractivity contribution in [2.45, 2.75) is 76.4 Å². The Kier molecular flexibility index (Phi) is 8.53. The molecule has 0 spiro atoms. The Balaban J connectivity index is 1.40. The molecule has 4 amide bonds. The van der Waals surface area contributed by atoms with Gasteiger partial charge in [0.25, 0.3) is 5.91 Å². The van der Waals surface area contributed by atoms with Crippen molar-refractivity contribution < 1.29 is 33.4 Å². The first-order chi connectivity index (χ1) is 19.8. The van der Waals surface area contributed by atoms with Crippen molar-refractivity contribution in [3.63, 3.8) is 0 Å². The predicted molar refractivity (Wildman–Crippen MR) is 148 cm³/mol. The molecule has 3 aliphatic rings. The Hall–Kier alpha value is -3.99. The third-order valence-electron chi connectivity index (χ3n) is 8.10. The van der Waals surface area contributed by atoms with Crippen LogP contribution < -0.4 is 10.6 Å². The summed E-state index contributed by atoms with van der Waals surface area (Å²) in [6.45, 7) is 3.80. The molecule has 0 aromatic heterocycles. The van der Waals surface area contributed by atoms with Crippen molar-refractivity contribution in [1.82, 2.24) is 20.4 Å². The third kappa shape index (κ3) is 6.04. The van der Waals surface area contributed by atoms with Gasteiger partial charge in [0.05, 0.1) is 19.0 Å². The van der Waals surface area contributed by atoms with E-state index in [4.69, 9.17) is 9.47 Å². The molecule has 0 saturated carbocycles. The highest BCUT2D eigenvalue weighted by molar-refractivity contribution is 6.08. The summed E-state index contributed by atoms with van der Waals surface area (Å²) < 4.78 is 10.7. The highest BCUT2D eigenvalue weighted by Crippen LogP contribution is 2.27. The van der Waals surface area contributed by atoms with E-state index in [-0.39, 0.29) is 37.3 Å². The molecular weight excluding hydrogens is 528 g/mol. The van der Waals surface area contributed by atoms with Gasteiger partial charge in [-0.15, -0.1) is 0 Å². The number of hydrogen-bond donors (Lipinski definition) is 2. The highest BCUT2D eigenvalue weighted by atomic mass is 16.7. The fourth-order valence-electron chi connectivity index (χ4n) is 6.07. The normalized spacial score (nSPS) is 26.5. The molecule has 3 heterocycles. The van der Waals surface area contributed by atoms with Crippen molar-refractivity contribution in [3.8, 4) is 0 Å². The van der Waals surface area contributed by atoms with Crippen LogP contribution in [0, 0.1) is 0 Å². The molecule has 11 heteroatoms. The molecule has 3 aliphatic heterocycles. The Morgan fingerprint density at radius 2 is 1.76 bits per heavy atom. The predicted octanol–water partition coefficient (Wildman–Crippen LogP) is 1.73. The molecule has 2 N–H and O–H groups in total. The molecule has 0 aliphatic carbocycles. The standard InChI is InChI=1S/C30H36N4O7/c1-3-40-30-24(15-26(36)41-30)32-28(38)25-17-33(18(2)35)16-20-11-5-7-14-23(29(39)34(20)25)31-27(37)22-13-8-10-19-9-4-6-12-21(19)22/h4,6,8-10,12-13,20,23-25,30H,3,5,7,11,14-17H2,1-2H3,(H,31,37)(H,32,38)/t20-,23-,24?,25-,30?/m0/s1. The van der Waals surface area contributed by atoms with E-state index < -0.39 is 42.3 Å². The summed E-state index contributed by atoms with van der Waals surface area (Å²) in [5.74, 6) is -1.89. The van der Waals surface area contributed by atoms with Gasteiger partial charge in [-0.1, -0.05) is 49.2 Å². The van der Waals surface area contributed by atoms with Gasteiger partial charge in [-0.25, -0.2) is 0 Å². The molecular formula is C30H36N4O7. The van der Waals surface area contributed by atoms with Gasteiger partial charge in [0.2, 0.25) is 24.0 Å². The average molecular weight is 565 g/mol. The molecule has 41 heavy (non-hydrogen) atoms. The first-order valence-electron chi connectivity index (χ1n) is 14.2. The average Bonchev–Trinajstić information content (AvgIpc) is 3.30. The minimum Gasteiger partial charge on any atom is -0.433 e. The number of nitrogens with zero attached hydrogens (tertiary/aromatic N) is 2. The molecule has 218 valence electrons. The van der Waals surface area contributed by atoms with Crippen LogP contribution in [0.5, 0.6) is 0 Å². The summed E-state index contributed by atoms with van der Waals surface area (Å²) >= 11 is 0. The van der Waals surface area contributed by atoms with Crippen LogP contribution in [-0.2, 0) is 28.7 Å². The number of nitrogens with one attached hydrogen (secondary N) is 2. The maximum Gasteiger partial charge on any atom is 0.310 e. The smallest absolute Gasteiger partial charge is 0.310 e. The largest absolute Gasteiger partial charge is 0.433 e. The molecule has 5 atom stereocenters. The van der Waals surface area contributed by atoms with Crippen LogP contribution in [0.1, 0.15) is 56.3 Å². The molecule has 2 aromatic rings. The molecule has 3 saturated heterocycles. The summed E-state index contributed by atoms with van der Waals surface area (Å²) in [6, 6.07) is 10.1. The topological polar surface area (TPSA) is 134 Å². The minimum absolute atomic E-state index is 0.00816. The third-order valence-corrected chi connectivity index (χ3v) is 8.10. The SMILES string of the molecule is CCOC1OC(=O)CC1NC(=O)[C@@H]1CN(C(C)=O)C[C@@H]2CCCC[C@H](NC(=O)c3cccc4ccccc34)C(=O)N21. The van der Waals surface area contributed by atoms with Gasteiger partial charge in [-0.2, -0.15) is 0 Å². The molecule has 2 aromatic carbocycles. The zero-order valence-electron chi connectivity index (χ0n) is 23.3. The van der Waals surface area contributed by atoms with Crippen LogP contribution in [0.25, 0.3) is 10.8 Å². The lowest BCUT2D eigenvalue weighted by molar-refractivity contribution is -0.165. The lowest BCUT2D eigenvalue weighted by Gasteiger charge is -2.48. The second kappa shape index (κ2) is 12.3. The van der Waals surface area contributed by atoms with Gasteiger partial charge in [0, 0.05) is 25.6 Å². The van der Waals surface area contributed by atoms with Crippen LogP contribution in [0.4, 0.5) is 0 Å². The summed E-state index contributed by atoms with van der Waals surface area (Å²) in [6.07, 6.45) is 1.56. The Morgan fingerprint density at radius 1 is 1.00 bits per heavy atom. The first-order valence-corrected chi connectivity index (χ1v) is 14.2. The molecule has 0 radical (unpaired) electrons. The van der Waals surface area contributed by atoms with E-state index in [1.54, 1.807) is 22.8 Å². The van der Waals surface area contributed by atoms with Crippen molar-refractivity contribution in [2.75, 3.05) is 19.7 Å². The highest BCUT2D eigenvalue weighted by Gasteiger charge is 2.46. The van der Waals surface area contributed by atoms with Crippen LogP contribution in [0.15, 0.2) is 42.5 Å². The number of cyclic esters (lactones) is 1. The molecule has 5 rings (SSSR count). The second-order valence-electron chi connectivity index (χ2n) is 10.8. The minimum atomic E-state index is -1.00. The van der Waals surface area contributed by atoms with Crippen molar-refractivity contribution in [3.05, 3.63) is 48.0 Å². The van der Waals surface area contributed by atoms with E-state index in [9.17, 15) is 24.0 Å². The number of carbonyl (C=O) groups excluding carboxylic acids is 5. The fraction of sp³-hybridized carbons (Fsp3) is 0.500. The number of fused-ring (bicyclic) bond motifs is 2. The maximum absolute atomic E-state index is 14.1. The van der Waals surface area contributed by atoms with Gasteiger partial charge < -0.3 is 29.9 Å². The molecule has 11 nitrogen and oxygen atoms in total. The fourth-order valence-corrected chi connectivity index (χ4v) is 6.07. The maximum atomic E-state index is 14.1. The lowest BCUT2D eigenvalue weighted by atomic mass is 9.93. The van der Waals surface area contributed by atoms with Crippen LogP contribution in [-0.4, -0.2) is 89.6 Å². The summed E-state index contributed by atoms with van der Waals surface area (Å²) in [5.41, 5.74) is 0.470. The summed E-state index contributed by atoms with van der Waals surface area (Å²) in [5, 5.41) is 7.49. The Labute approximate surface area is 238 Å². The van der Waals surface area contributed by atoms with Gasteiger partial charge in [-0.3, -0.25) is 24.0 Å². The number of esters is 1. The number of benzene rings is 2. The number of ether oxygens (including phenoxy) is 2. The molecule has 3 fully saturated rings. The zero-order chi connectivity index (χ0) is 29.1. The van der Waals surface area contributed by atoms with Gasteiger partial charge in [0.15, 0.2) is 0 Å². The first kappa shape index (κ1) is 28.5. The second-order valence-corrected chi connectivity index (χ2v) is 10.8. The molecule has 0 bridgehead atoms. The number of rotatable bonds is 6.